The molecule has 0 unspecified atom stereocenters. The number of rotatable bonds is 7. The fourth-order valence-corrected chi connectivity index (χ4v) is 3.81. The molecule has 8 heteroatoms. The molecule has 1 heterocycles. The van der Waals surface area contributed by atoms with E-state index >= 15 is 0 Å². The Labute approximate surface area is 196 Å². The molecule has 1 aliphatic heterocycles. The summed E-state index contributed by atoms with van der Waals surface area (Å²) in [5, 5.41) is 15.8. The van der Waals surface area contributed by atoms with Crippen molar-refractivity contribution in [3.05, 3.63) is 74.8 Å². The molecule has 2 aromatic rings. The molecule has 2 aromatic carbocycles. The van der Waals surface area contributed by atoms with Crippen molar-refractivity contribution in [3.8, 4) is 6.07 Å². The van der Waals surface area contributed by atoms with Crippen LogP contribution in [0.4, 0.5) is 0 Å². The third kappa shape index (κ3) is 5.37. The van der Waals surface area contributed by atoms with Crippen LogP contribution in [-0.4, -0.2) is 24.2 Å². The molecule has 0 aromatic heterocycles. The first-order chi connectivity index (χ1) is 15.5. The van der Waals surface area contributed by atoms with Crippen LogP contribution in [0.1, 0.15) is 54.1 Å². The molecule has 0 aliphatic carbocycles. The SMILES string of the molecule is CCCCCCNC(=O)C(C#N)=C1N=C(NC(=O)c2ccc(Cl)cc2Cl)c2ccccc21. The zero-order chi connectivity index (χ0) is 23.1. The number of amides is 2. The Hall–Kier alpha value is -3.14. The number of nitriles is 1. The second-order valence-electron chi connectivity index (χ2n) is 7.24. The number of hydrogen-bond donors (Lipinski definition) is 2. The smallest absolute Gasteiger partial charge is 0.264 e. The van der Waals surface area contributed by atoms with Crippen LogP contribution in [0.15, 0.2) is 53.0 Å². The number of nitrogens with one attached hydrogen (secondary N) is 2. The van der Waals surface area contributed by atoms with Gasteiger partial charge < -0.3 is 10.6 Å². The van der Waals surface area contributed by atoms with Gasteiger partial charge in [0.05, 0.1) is 16.3 Å². The van der Waals surface area contributed by atoms with E-state index in [9.17, 15) is 14.9 Å². The van der Waals surface area contributed by atoms with Gasteiger partial charge in [0.25, 0.3) is 11.8 Å². The molecule has 0 bridgehead atoms. The molecule has 0 fully saturated rings. The molecule has 0 atom stereocenters. The summed E-state index contributed by atoms with van der Waals surface area (Å²) in [5.74, 6) is -0.707. The van der Waals surface area contributed by atoms with Crippen LogP contribution in [0.25, 0.3) is 5.70 Å². The summed E-state index contributed by atoms with van der Waals surface area (Å²) in [5.41, 5.74) is 1.58. The lowest BCUT2D eigenvalue weighted by atomic mass is 10.0. The second-order valence-corrected chi connectivity index (χ2v) is 8.08. The Bertz CT molecular complexity index is 1150. The Morgan fingerprint density at radius 2 is 1.81 bits per heavy atom. The third-order valence-electron chi connectivity index (χ3n) is 4.96. The monoisotopic (exact) mass is 468 g/mol. The molecule has 2 N–H and O–H groups in total. The first-order valence-electron chi connectivity index (χ1n) is 10.3. The van der Waals surface area contributed by atoms with Gasteiger partial charge in [0.1, 0.15) is 17.5 Å². The molecule has 0 saturated carbocycles. The van der Waals surface area contributed by atoms with Crippen LogP contribution < -0.4 is 10.6 Å². The van der Waals surface area contributed by atoms with Gasteiger partial charge in [-0.3, -0.25) is 9.59 Å². The quantitative estimate of drug-likeness (QED) is 0.335. The van der Waals surface area contributed by atoms with Gasteiger partial charge in [-0.05, 0) is 24.6 Å². The van der Waals surface area contributed by atoms with Gasteiger partial charge in [-0.1, -0.05) is 73.7 Å². The molecule has 164 valence electrons. The highest BCUT2D eigenvalue weighted by molar-refractivity contribution is 6.37. The minimum atomic E-state index is -0.481. The van der Waals surface area contributed by atoms with E-state index < -0.39 is 11.8 Å². The number of halogens is 2. The van der Waals surface area contributed by atoms with E-state index in [1.165, 1.54) is 12.1 Å². The predicted octanol–water partition coefficient (Wildman–Crippen LogP) is 5.11. The number of carbonyl (C=O) groups excluding carboxylic acids is 2. The molecule has 1 aliphatic rings. The fourth-order valence-electron chi connectivity index (χ4n) is 3.32. The first-order valence-corrected chi connectivity index (χ1v) is 11.1. The molecular formula is C24H22Cl2N4O2. The third-order valence-corrected chi connectivity index (χ3v) is 5.51. The van der Waals surface area contributed by atoms with Crippen molar-refractivity contribution in [2.75, 3.05) is 6.54 Å². The van der Waals surface area contributed by atoms with Gasteiger partial charge in [0.2, 0.25) is 0 Å². The van der Waals surface area contributed by atoms with Crippen molar-refractivity contribution in [1.82, 2.24) is 10.6 Å². The van der Waals surface area contributed by atoms with Crippen molar-refractivity contribution < 1.29 is 9.59 Å². The average molecular weight is 469 g/mol. The molecule has 6 nitrogen and oxygen atoms in total. The summed E-state index contributed by atoms with van der Waals surface area (Å²) in [6, 6.07) is 13.6. The van der Waals surface area contributed by atoms with E-state index in [4.69, 9.17) is 23.2 Å². The van der Waals surface area contributed by atoms with Crippen LogP contribution in [0, 0.1) is 11.3 Å². The summed E-state index contributed by atoms with van der Waals surface area (Å²) in [4.78, 5) is 29.9. The van der Waals surface area contributed by atoms with Crippen LogP contribution >= 0.6 is 23.2 Å². The van der Waals surface area contributed by atoms with Crippen LogP contribution in [0.5, 0.6) is 0 Å². The van der Waals surface area contributed by atoms with Crippen molar-refractivity contribution in [1.29, 1.82) is 5.26 Å². The number of fused-ring (bicyclic) bond motifs is 1. The predicted molar refractivity (Wildman–Crippen MR) is 127 cm³/mol. The molecule has 32 heavy (non-hydrogen) atoms. The molecule has 0 spiro atoms. The van der Waals surface area contributed by atoms with E-state index in [1.54, 1.807) is 30.3 Å². The number of nitrogens with zero attached hydrogens (tertiary/aromatic N) is 2. The maximum Gasteiger partial charge on any atom is 0.264 e. The van der Waals surface area contributed by atoms with E-state index in [-0.39, 0.29) is 27.7 Å². The molecular weight excluding hydrogens is 447 g/mol. The zero-order valence-electron chi connectivity index (χ0n) is 17.5. The van der Waals surface area contributed by atoms with E-state index in [2.05, 4.69) is 22.5 Å². The number of carbonyl (C=O) groups is 2. The number of amidine groups is 1. The fraction of sp³-hybridized carbons (Fsp3) is 0.250. The van der Waals surface area contributed by atoms with Crippen LogP contribution in [-0.2, 0) is 4.79 Å². The van der Waals surface area contributed by atoms with Crippen molar-refractivity contribution in [2.45, 2.75) is 32.6 Å². The Kier molecular flexibility index (Phi) is 8.04. The molecule has 2 amide bonds. The van der Waals surface area contributed by atoms with Gasteiger partial charge in [-0.25, -0.2) is 4.99 Å². The lowest BCUT2D eigenvalue weighted by Crippen LogP contribution is -2.30. The molecule has 0 radical (unpaired) electrons. The average Bonchev–Trinajstić information content (AvgIpc) is 3.12. The summed E-state index contributed by atoms with van der Waals surface area (Å²) >= 11 is 12.0. The summed E-state index contributed by atoms with van der Waals surface area (Å²) in [7, 11) is 0. The lowest BCUT2D eigenvalue weighted by molar-refractivity contribution is -0.117. The van der Waals surface area contributed by atoms with Crippen molar-refractivity contribution in [3.63, 3.8) is 0 Å². The largest absolute Gasteiger partial charge is 0.351 e. The Morgan fingerprint density at radius 1 is 1.06 bits per heavy atom. The highest BCUT2D eigenvalue weighted by Gasteiger charge is 2.27. The van der Waals surface area contributed by atoms with Gasteiger partial charge >= 0.3 is 0 Å². The van der Waals surface area contributed by atoms with E-state index in [0.29, 0.717) is 22.7 Å². The van der Waals surface area contributed by atoms with Crippen molar-refractivity contribution >= 4 is 46.5 Å². The van der Waals surface area contributed by atoms with Gasteiger partial charge in [-0.2, -0.15) is 5.26 Å². The number of unbranched alkanes of at least 4 members (excludes halogenated alkanes) is 3. The van der Waals surface area contributed by atoms with E-state index in [0.717, 1.165) is 25.7 Å². The minimum Gasteiger partial charge on any atom is -0.351 e. The van der Waals surface area contributed by atoms with Crippen molar-refractivity contribution in [2.24, 2.45) is 4.99 Å². The molecule has 0 saturated heterocycles. The minimum absolute atomic E-state index is 0.0956. The number of benzene rings is 2. The Morgan fingerprint density at radius 3 is 2.50 bits per heavy atom. The zero-order valence-corrected chi connectivity index (χ0v) is 19.1. The number of hydrogen-bond acceptors (Lipinski definition) is 4. The normalized spacial score (nSPS) is 13.6. The van der Waals surface area contributed by atoms with Gasteiger partial charge in [-0.15, -0.1) is 0 Å². The second kappa shape index (κ2) is 10.9. The van der Waals surface area contributed by atoms with Crippen LogP contribution in [0.2, 0.25) is 10.0 Å². The summed E-state index contributed by atoms with van der Waals surface area (Å²) < 4.78 is 0. The van der Waals surface area contributed by atoms with Gasteiger partial charge in [0.15, 0.2) is 0 Å². The maximum absolute atomic E-state index is 12.8. The van der Waals surface area contributed by atoms with Crippen LogP contribution in [0.3, 0.4) is 0 Å². The molecule has 3 rings (SSSR count). The Balaban J connectivity index is 1.87. The highest BCUT2D eigenvalue weighted by atomic mass is 35.5. The topological polar surface area (TPSA) is 94.3 Å². The maximum atomic E-state index is 12.8. The standard InChI is InChI=1S/C24H22Cl2N4O2/c1-2-3-4-7-12-28-23(31)19(14-27)21-16-8-5-6-9-17(16)22(29-21)30-24(32)18-11-10-15(25)13-20(18)26/h5-6,8-11,13H,2-4,7,12H2,1H3,(H,28,31)(H,29,30,32). The summed E-state index contributed by atoms with van der Waals surface area (Å²) in [6.07, 6.45) is 4.05. The van der Waals surface area contributed by atoms with Gasteiger partial charge in [0, 0.05) is 22.7 Å². The summed E-state index contributed by atoms with van der Waals surface area (Å²) in [6.45, 7) is 2.60. The highest BCUT2D eigenvalue weighted by Crippen LogP contribution is 2.31. The number of aliphatic imine (C=N–C) groups is 1. The lowest BCUT2D eigenvalue weighted by Gasteiger charge is -2.07. The van der Waals surface area contributed by atoms with E-state index in [1.807, 2.05) is 6.07 Å². The first kappa shape index (κ1) is 23.5.